The third-order valence-electron chi connectivity index (χ3n) is 2.93. The van der Waals surface area contributed by atoms with E-state index >= 15 is 0 Å². The van der Waals surface area contributed by atoms with Crippen LogP contribution in [-0.4, -0.2) is 29.1 Å². The van der Waals surface area contributed by atoms with Crippen LogP contribution >= 0.6 is 0 Å². The molecule has 0 radical (unpaired) electrons. The molecule has 5 heteroatoms. The minimum Gasteiger partial charge on any atom is -0.370 e. The summed E-state index contributed by atoms with van der Waals surface area (Å²) in [6.07, 6.45) is 2.51. The van der Waals surface area contributed by atoms with Crippen LogP contribution in [0, 0.1) is 5.92 Å². The summed E-state index contributed by atoms with van der Waals surface area (Å²) in [5.74, 6) is 2.73. The molecule has 0 saturated heterocycles. The maximum absolute atomic E-state index is 5.79. The first kappa shape index (κ1) is 12.9. The van der Waals surface area contributed by atoms with Crippen molar-refractivity contribution in [3.8, 4) is 0 Å². The average Bonchev–Trinajstić information content (AvgIpc) is 3.09. The zero-order valence-corrected chi connectivity index (χ0v) is 11.5. The summed E-state index contributed by atoms with van der Waals surface area (Å²) in [5.41, 5.74) is 5.79. The van der Waals surface area contributed by atoms with E-state index in [0.29, 0.717) is 17.9 Å². The van der Waals surface area contributed by atoms with Crippen LogP contribution in [0.5, 0.6) is 0 Å². The van der Waals surface area contributed by atoms with Crippen molar-refractivity contribution in [1.82, 2.24) is 9.97 Å². The van der Waals surface area contributed by atoms with Gasteiger partial charge < -0.3 is 16.0 Å². The number of nitrogens with one attached hydrogen (secondary N) is 1. The van der Waals surface area contributed by atoms with Gasteiger partial charge >= 0.3 is 0 Å². The van der Waals surface area contributed by atoms with Crippen LogP contribution in [0.3, 0.4) is 0 Å². The van der Waals surface area contributed by atoms with Crippen molar-refractivity contribution >= 4 is 17.6 Å². The molecule has 0 bridgehead atoms. The number of anilines is 3. The number of rotatable bonds is 6. The first-order chi connectivity index (χ1) is 8.60. The van der Waals surface area contributed by atoms with Crippen molar-refractivity contribution in [3.63, 3.8) is 0 Å². The third kappa shape index (κ3) is 3.24. The molecule has 1 saturated carbocycles. The highest BCUT2D eigenvalue weighted by Crippen LogP contribution is 2.32. The Kier molecular flexibility index (Phi) is 3.89. The number of hydrogen-bond acceptors (Lipinski definition) is 5. The molecule has 0 aromatic carbocycles. The zero-order valence-electron chi connectivity index (χ0n) is 11.5. The molecular weight excluding hydrogens is 226 g/mol. The Balaban J connectivity index is 2.22. The van der Waals surface area contributed by atoms with Gasteiger partial charge in [0.25, 0.3) is 0 Å². The minimum absolute atomic E-state index is 0.345. The summed E-state index contributed by atoms with van der Waals surface area (Å²) in [5, 5.41) is 3.20. The first-order valence-electron chi connectivity index (χ1n) is 6.75. The Hall–Kier alpha value is -1.52. The Morgan fingerprint density at radius 1 is 1.44 bits per heavy atom. The molecule has 1 aliphatic carbocycles. The topological polar surface area (TPSA) is 67.1 Å². The van der Waals surface area contributed by atoms with Crippen molar-refractivity contribution < 1.29 is 0 Å². The molecule has 5 nitrogen and oxygen atoms in total. The van der Waals surface area contributed by atoms with E-state index in [1.807, 2.05) is 13.0 Å². The molecule has 100 valence electrons. The van der Waals surface area contributed by atoms with Gasteiger partial charge in [-0.25, -0.2) is 0 Å². The molecule has 0 spiro atoms. The van der Waals surface area contributed by atoms with Crippen molar-refractivity contribution in [2.24, 2.45) is 5.92 Å². The van der Waals surface area contributed by atoms with Crippen LogP contribution in [0.25, 0.3) is 0 Å². The molecule has 0 atom stereocenters. The summed E-state index contributed by atoms with van der Waals surface area (Å²) in [6, 6.07) is 2.64. The lowest BCUT2D eigenvalue weighted by atomic mass is 10.2. The van der Waals surface area contributed by atoms with E-state index in [-0.39, 0.29) is 0 Å². The molecule has 1 aromatic heterocycles. The van der Waals surface area contributed by atoms with Crippen molar-refractivity contribution in [3.05, 3.63) is 6.07 Å². The van der Waals surface area contributed by atoms with E-state index in [4.69, 9.17) is 5.73 Å². The van der Waals surface area contributed by atoms with E-state index < -0.39 is 0 Å². The fourth-order valence-electron chi connectivity index (χ4n) is 2.08. The average molecular weight is 249 g/mol. The lowest BCUT2D eigenvalue weighted by Gasteiger charge is -2.26. The van der Waals surface area contributed by atoms with Gasteiger partial charge in [0, 0.05) is 25.2 Å². The lowest BCUT2D eigenvalue weighted by Crippen LogP contribution is -2.31. The number of hydrogen-bond donors (Lipinski definition) is 2. The second-order valence-corrected chi connectivity index (χ2v) is 5.28. The highest BCUT2D eigenvalue weighted by Gasteiger charge is 2.30. The Labute approximate surface area is 109 Å². The quantitative estimate of drug-likeness (QED) is 0.808. The van der Waals surface area contributed by atoms with E-state index in [1.54, 1.807) is 0 Å². The number of nitrogens with zero attached hydrogens (tertiary/aromatic N) is 3. The molecule has 1 heterocycles. The van der Waals surface area contributed by atoms with Gasteiger partial charge in [-0.15, -0.1) is 0 Å². The summed E-state index contributed by atoms with van der Waals surface area (Å²) < 4.78 is 0. The Bertz CT molecular complexity index is 400. The van der Waals surface area contributed by atoms with E-state index in [0.717, 1.165) is 24.7 Å². The van der Waals surface area contributed by atoms with Crippen LogP contribution in [-0.2, 0) is 0 Å². The van der Waals surface area contributed by atoms with Gasteiger partial charge in [0.15, 0.2) is 0 Å². The predicted molar refractivity (Wildman–Crippen MR) is 75.8 cm³/mol. The van der Waals surface area contributed by atoms with Crippen molar-refractivity contribution in [2.45, 2.75) is 39.7 Å². The normalized spacial score (nSPS) is 14.9. The summed E-state index contributed by atoms with van der Waals surface area (Å²) >= 11 is 0. The standard InChI is InChI=1S/C13H23N5/c1-4-15-11-7-12(17-13(14)16-11)18(8-9(2)3)10-5-6-10/h7,9-10H,4-6,8H2,1-3H3,(H3,14,15,16,17). The van der Waals surface area contributed by atoms with Gasteiger partial charge in [-0.1, -0.05) is 13.8 Å². The van der Waals surface area contributed by atoms with Gasteiger partial charge in [0.2, 0.25) is 5.95 Å². The van der Waals surface area contributed by atoms with Gasteiger partial charge in [0.1, 0.15) is 11.6 Å². The summed E-state index contributed by atoms with van der Waals surface area (Å²) in [7, 11) is 0. The fourth-order valence-corrected chi connectivity index (χ4v) is 2.08. The van der Waals surface area contributed by atoms with Gasteiger partial charge in [0.05, 0.1) is 0 Å². The molecule has 0 aliphatic heterocycles. The molecule has 1 aliphatic rings. The Morgan fingerprint density at radius 3 is 2.72 bits per heavy atom. The first-order valence-corrected chi connectivity index (χ1v) is 6.75. The lowest BCUT2D eigenvalue weighted by molar-refractivity contribution is 0.602. The van der Waals surface area contributed by atoms with E-state index in [2.05, 4.69) is 34.0 Å². The largest absolute Gasteiger partial charge is 0.370 e. The van der Waals surface area contributed by atoms with Crippen LogP contribution in [0.15, 0.2) is 6.07 Å². The Morgan fingerprint density at radius 2 is 2.17 bits per heavy atom. The zero-order chi connectivity index (χ0) is 13.1. The third-order valence-corrected chi connectivity index (χ3v) is 2.93. The SMILES string of the molecule is CCNc1cc(N(CC(C)C)C2CC2)nc(N)n1. The molecule has 1 aromatic rings. The van der Waals surface area contributed by atoms with Crippen LogP contribution in [0.2, 0.25) is 0 Å². The molecular formula is C13H23N5. The number of nitrogens with two attached hydrogens (primary N) is 1. The van der Waals surface area contributed by atoms with Gasteiger partial charge in [-0.05, 0) is 25.7 Å². The number of aromatic nitrogens is 2. The van der Waals surface area contributed by atoms with E-state index in [1.165, 1.54) is 12.8 Å². The summed E-state index contributed by atoms with van der Waals surface area (Å²) in [6.45, 7) is 8.36. The van der Waals surface area contributed by atoms with Crippen molar-refractivity contribution in [1.29, 1.82) is 0 Å². The smallest absolute Gasteiger partial charge is 0.223 e. The monoisotopic (exact) mass is 249 g/mol. The molecule has 0 unspecified atom stereocenters. The highest BCUT2D eigenvalue weighted by molar-refractivity contribution is 5.53. The molecule has 18 heavy (non-hydrogen) atoms. The molecule has 1 fully saturated rings. The van der Waals surface area contributed by atoms with E-state index in [9.17, 15) is 0 Å². The maximum Gasteiger partial charge on any atom is 0.223 e. The van der Waals surface area contributed by atoms with Crippen LogP contribution in [0.1, 0.15) is 33.6 Å². The second kappa shape index (κ2) is 5.42. The van der Waals surface area contributed by atoms with Crippen LogP contribution in [0.4, 0.5) is 17.6 Å². The highest BCUT2D eigenvalue weighted by atomic mass is 15.3. The molecule has 3 N–H and O–H groups in total. The van der Waals surface area contributed by atoms with Crippen LogP contribution < -0.4 is 16.0 Å². The number of nitrogen functional groups attached to an aromatic ring is 1. The van der Waals surface area contributed by atoms with Gasteiger partial charge in [-0.2, -0.15) is 9.97 Å². The molecule has 2 rings (SSSR count). The van der Waals surface area contributed by atoms with Crippen molar-refractivity contribution in [2.75, 3.05) is 29.0 Å². The summed E-state index contributed by atoms with van der Waals surface area (Å²) in [4.78, 5) is 10.9. The molecule has 0 amide bonds. The predicted octanol–water partition coefficient (Wildman–Crippen LogP) is 2.12. The maximum atomic E-state index is 5.79. The second-order valence-electron chi connectivity index (χ2n) is 5.28. The fraction of sp³-hybridized carbons (Fsp3) is 0.692. The minimum atomic E-state index is 0.345. The van der Waals surface area contributed by atoms with Gasteiger partial charge in [-0.3, -0.25) is 0 Å².